The number of amides is 1. The van der Waals surface area contributed by atoms with E-state index in [0.717, 1.165) is 25.6 Å². The van der Waals surface area contributed by atoms with Crippen molar-refractivity contribution in [3.05, 3.63) is 71.2 Å². The van der Waals surface area contributed by atoms with E-state index in [2.05, 4.69) is 5.32 Å². The number of benzene rings is 1. The van der Waals surface area contributed by atoms with Gasteiger partial charge in [0.25, 0.3) is 5.24 Å². The van der Waals surface area contributed by atoms with Gasteiger partial charge in [0.05, 0.1) is 41.8 Å². The van der Waals surface area contributed by atoms with Crippen molar-refractivity contribution >= 4 is 46.7 Å². The Morgan fingerprint density at radius 1 is 0.983 bits per heavy atom. The topological polar surface area (TPSA) is 234 Å². The van der Waals surface area contributed by atoms with Crippen LogP contribution in [0, 0.1) is 28.6 Å². The molecule has 11 atom stereocenters. The van der Waals surface area contributed by atoms with Crippen LogP contribution in [0.4, 0.5) is 4.79 Å². The highest BCUT2D eigenvalue weighted by molar-refractivity contribution is 8.13. The number of carbonyl (C=O) groups is 6. The zero-order valence-corrected chi connectivity index (χ0v) is 35.6. The van der Waals surface area contributed by atoms with Gasteiger partial charge in [0.15, 0.2) is 18.0 Å². The molecule has 16 nitrogen and oxygen atoms in total. The predicted octanol–water partition coefficient (Wildman–Crippen LogP) is 4.20. The van der Waals surface area contributed by atoms with Crippen LogP contribution in [-0.4, -0.2) is 104 Å². The van der Waals surface area contributed by atoms with E-state index in [4.69, 9.17) is 28.1 Å². The molecule has 0 spiro atoms. The molecule has 3 aliphatic carbocycles. The van der Waals surface area contributed by atoms with Gasteiger partial charge in [-0.05, 0) is 61.6 Å². The van der Waals surface area contributed by atoms with Gasteiger partial charge in [-0.3, -0.25) is 19.2 Å². The molecule has 1 aromatic carbocycles. The first-order chi connectivity index (χ1) is 28.1. The fourth-order valence-corrected chi connectivity index (χ4v) is 10.2. The second-order valence-electron chi connectivity index (χ2n) is 17.2. The first-order valence-electron chi connectivity index (χ1n) is 19.9. The van der Waals surface area contributed by atoms with E-state index >= 15 is 4.79 Å². The Labute approximate surface area is 351 Å². The number of furan rings is 1. The summed E-state index contributed by atoms with van der Waals surface area (Å²) in [5, 5.41) is 39.3. The molecule has 326 valence electrons. The van der Waals surface area contributed by atoms with Crippen LogP contribution < -0.4 is 5.32 Å². The number of hydrogen-bond acceptors (Lipinski definition) is 16. The number of rotatable bonds is 11. The van der Waals surface area contributed by atoms with Gasteiger partial charge in [-0.15, -0.1) is 0 Å². The number of aliphatic hydroxyl groups excluding tert-OH is 2. The SMILES string of the molecule is CC(=O)O[C@H]1C(=O)[C@@]2(C)[C@H]([C@H](OC(=O)c3ccccc3)[C@]3(O)C[C@H](OC(=O)[C@H](O)[C@@H](NC(=O)SCC(C)C)c4ccco4)C(C)=C1C3(C)C)[C@]1(OC(C)=O)OC[C@@H]1C[C@@H]2O. The summed E-state index contributed by atoms with van der Waals surface area (Å²) in [5.41, 5.74) is -5.99. The first kappa shape index (κ1) is 45.0. The summed E-state index contributed by atoms with van der Waals surface area (Å²) in [6, 6.07) is 9.34. The number of hydrogen-bond donors (Lipinski definition) is 4. The largest absolute Gasteiger partial charge is 0.467 e. The standard InChI is InChI=1S/C43H53NO15S/c1-21(2)20-60-39(52)44-31(27-15-12-16-54-27)32(48)38(51)57-28-18-42(53)36(58-37(50)25-13-10-9-11-14-25)34-41(8,29(47)17-26-19-55-43(26,34)59-24(5)46)35(49)33(56-23(4)45)30(22(28)3)40(42,6)7/h9-16,21,26,28-29,31-34,36,47-48,53H,17-20H2,1-8H3,(H,44,52)/t26-,28-,29-,31-,32+,33+,34-,36-,41+,42+,43-/m0/s1. The third kappa shape index (κ3) is 7.67. The second-order valence-corrected chi connectivity index (χ2v) is 18.2. The monoisotopic (exact) mass is 855 g/mol. The Morgan fingerprint density at radius 2 is 1.67 bits per heavy atom. The first-order valence-corrected chi connectivity index (χ1v) is 20.9. The molecule has 0 radical (unpaired) electrons. The lowest BCUT2D eigenvalue weighted by molar-refractivity contribution is -0.410. The van der Waals surface area contributed by atoms with Crippen LogP contribution in [-0.2, 0) is 42.9 Å². The maximum absolute atomic E-state index is 15.4. The van der Waals surface area contributed by atoms with Crippen molar-refractivity contribution < 1.29 is 72.2 Å². The van der Waals surface area contributed by atoms with Gasteiger partial charge in [0.2, 0.25) is 5.79 Å². The zero-order valence-electron chi connectivity index (χ0n) is 34.8. The molecule has 0 unspecified atom stereocenters. The summed E-state index contributed by atoms with van der Waals surface area (Å²) in [5.74, 6) is -8.62. The lowest BCUT2D eigenvalue weighted by atomic mass is 9.45. The van der Waals surface area contributed by atoms with E-state index in [1.165, 1.54) is 44.4 Å². The number of ether oxygens (including phenoxy) is 5. The van der Waals surface area contributed by atoms with E-state index in [1.54, 1.807) is 32.0 Å². The van der Waals surface area contributed by atoms with Crippen molar-refractivity contribution in [2.75, 3.05) is 12.4 Å². The Bertz CT molecular complexity index is 2030. The van der Waals surface area contributed by atoms with Crippen LogP contribution in [0.2, 0.25) is 0 Å². The normalized spacial score (nSPS) is 32.8. The molecule has 2 heterocycles. The summed E-state index contributed by atoms with van der Waals surface area (Å²) >= 11 is 0.946. The molecule has 2 saturated carbocycles. The van der Waals surface area contributed by atoms with Crippen LogP contribution in [0.15, 0.2) is 64.3 Å². The highest BCUT2D eigenvalue weighted by Gasteiger charge is 2.78. The number of thioether (sulfide) groups is 1. The van der Waals surface area contributed by atoms with E-state index in [0.29, 0.717) is 5.75 Å². The summed E-state index contributed by atoms with van der Waals surface area (Å²) in [6.07, 6.45) is -8.18. The molecule has 4 aliphatic rings. The molecule has 6 rings (SSSR count). The summed E-state index contributed by atoms with van der Waals surface area (Å²) < 4.78 is 35.7. The maximum Gasteiger partial charge on any atom is 0.338 e. The Hall–Kier alpha value is -4.55. The van der Waals surface area contributed by atoms with Crippen LogP contribution in [0.25, 0.3) is 0 Å². The molecule has 1 saturated heterocycles. The molecular formula is C43H53NO15S. The van der Waals surface area contributed by atoms with Crippen molar-refractivity contribution in [2.45, 2.75) is 116 Å². The number of Topliss-reactive ketones (excluding diaryl/α,β-unsaturated/α-hetero) is 1. The molecule has 3 fully saturated rings. The molecular weight excluding hydrogens is 803 g/mol. The van der Waals surface area contributed by atoms with Gasteiger partial charge in [0, 0.05) is 31.4 Å². The number of fused-ring (bicyclic) bond motifs is 5. The lowest BCUT2D eigenvalue weighted by Crippen LogP contribution is -2.80. The van der Waals surface area contributed by atoms with Crippen molar-refractivity contribution in [3.8, 4) is 0 Å². The quantitative estimate of drug-likeness (QED) is 0.141. The number of esters is 4. The van der Waals surface area contributed by atoms with Crippen molar-refractivity contribution in [3.63, 3.8) is 0 Å². The molecule has 17 heteroatoms. The Kier molecular flexibility index (Phi) is 12.5. The number of nitrogens with one attached hydrogen (secondary N) is 1. The summed E-state index contributed by atoms with van der Waals surface area (Å²) in [4.78, 5) is 82.5. The molecule has 2 aromatic rings. The van der Waals surface area contributed by atoms with Crippen molar-refractivity contribution in [1.82, 2.24) is 5.32 Å². The molecule has 1 amide bonds. The minimum absolute atomic E-state index is 0.0180. The van der Waals surface area contributed by atoms with E-state index in [-0.39, 0.29) is 41.4 Å². The van der Waals surface area contributed by atoms with Crippen molar-refractivity contribution in [1.29, 1.82) is 0 Å². The maximum atomic E-state index is 15.4. The van der Waals surface area contributed by atoms with Gasteiger partial charge < -0.3 is 48.7 Å². The van der Waals surface area contributed by atoms with Crippen LogP contribution in [0.1, 0.15) is 90.4 Å². The predicted molar refractivity (Wildman–Crippen MR) is 212 cm³/mol. The van der Waals surface area contributed by atoms with Gasteiger partial charge in [-0.25, -0.2) is 9.59 Å². The van der Waals surface area contributed by atoms with E-state index in [9.17, 15) is 39.3 Å². The van der Waals surface area contributed by atoms with Gasteiger partial charge in [-0.1, -0.05) is 57.7 Å². The van der Waals surface area contributed by atoms with Crippen LogP contribution >= 0.6 is 11.8 Å². The fourth-order valence-electron chi connectivity index (χ4n) is 9.47. The molecule has 1 aliphatic heterocycles. The van der Waals surface area contributed by atoms with Gasteiger partial charge in [0.1, 0.15) is 29.6 Å². The second kappa shape index (κ2) is 16.7. The smallest absolute Gasteiger partial charge is 0.338 e. The highest BCUT2D eigenvalue weighted by Crippen LogP contribution is 2.65. The molecule has 2 bridgehead atoms. The number of aliphatic hydroxyl groups is 3. The highest BCUT2D eigenvalue weighted by atomic mass is 32.2. The minimum Gasteiger partial charge on any atom is -0.467 e. The average molecular weight is 856 g/mol. The fraction of sp³-hybridized carbons (Fsp3) is 0.581. The third-order valence-corrected chi connectivity index (χ3v) is 13.9. The lowest BCUT2D eigenvalue weighted by Gasteiger charge is -2.67. The summed E-state index contributed by atoms with van der Waals surface area (Å²) in [7, 11) is 0. The summed E-state index contributed by atoms with van der Waals surface area (Å²) in [6.45, 7) is 12.0. The third-order valence-electron chi connectivity index (χ3n) is 12.6. The number of carbonyl (C=O) groups excluding carboxylic acids is 6. The zero-order chi connectivity index (χ0) is 44.1. The average Bonchev–Trinajstić information content (AvgIpc) is 3.72. The molecule has 60 heavy (non-hydrogen) atoms. The molecule has 4 N–H and O–H groups in total. The van der Waals surface area contributed by atoms with E-state index in [1.807, 2.05) is 13.8 Å². The van der Waals surface area contributed by atoms with Crippen LogP contribution in [0.5, 0.6) is 0 Å². The van der Waals surface area contributed by atoms with Crippen LogP contribution in [0.3, 0.4) is 0 Å². The van der Waals surface area contributed by atoms with Gasteiger partial charge >= 0.3 is 23.9 Å². The number of ketones is 1. The minimum atomic E-state index is -2.41. The Morgan fingerprint density at radius 3 is 2.23 bits per heavy atom. The van der Waals surface area contributed by atoms with Crippen molar-refractivity contribution in [2.24, 2.45) is 28.6 Å². The molecule has 1 aromatic heterocycles. The van der Waals surface area contributed by atoms with E-state index < -0.39 is 112 Å². The van der Waals surface area contributed by atoms with Gasteiger partial charge in [-0.2, -0.15) is 0 Å². The Balaban J connectivity index is 1.52.